The van der Waals surface area contributed by atoms with Crippen LogP contribution in [0.4, 0.5) is 0 Å². The van der Waals surface area contributed by atoms with Crippen molar-refractivity contribution >= 4 is 11.6 Å². The monoisotopic (exact) mass is 255 g/mol. The van der Waals surface area contributed by atoms with Crippen molar-refractivity contribution in [3.05, 3.63) is 17.4 Å². The average Bonchev–Trinajstić information content (AvgIpc) is 2.89. The van der Waals surface area contributed by atoms with E-state index < -0.39 is 0 Å². The van der Waals surface area contributed by atoms with Crippen LogP contribution in [0.15, 0.2) is 12.4 Å². The Kier molecular flexibility index (Phi) is 3.36. The van der Waals surface area contributed by atoms with Crippen molar-refractivity contribution in [3.63, 3.8) is 0 Å². The second-order valence-corrected chi connectivity index (χ2v) is 5.51. The zero-order valence-corrected chi connectivity index (χ0v) is 10.6. The molecule has 2 aliphatic rings. The third-order valence-corrected chi connectivity index (χ3v) is 3.70. The molecule has 0 bridgehead atoms. The van der Waals surface area contributed by atoms with Crippen LogP contribution < -0.4 is 0 Å². The average molecular weight is 256 g/mol. The summed E-state index contributed by atoms with van der Waals surface area (Å²) in [7, 11) is 0. The number of nitrogens with zero attached hydrogens (tertiary/aromatic N) is 3. The quantitative estimate of drug-likeness (QED) is 0.806. The minimum Gasteiger partial charge on any atom is -0.381 e. The van der Waals surface area contributed by atoms with Crippen molar-refractivity contribution in [2.45, 2.75) is 32.0 Å². The van der Waals surface area contributed by atoms with E-state index in [0.717, 1.165) is 32.5 Å². The van der Waals surface area contributed by atoms with E-state index in [1.807, 2.05) is 10.9 Å². The van der Waals surface area contributed by atoms with E-state index >= 15 is 0 Å². The number of aromatic nitrogens is 2. The summed E-state index contributed by atoms with van der Waals surface area (Å²) in [5, 5.41) is 4.97. The van der Waals surface area contributed by atoms with Crippen molar-refractivity contribution in [2.75, 3.05) is 19.8 Å². The van der Waals surface area contributed by atoms with E-state index in [0.29, 0.717) is 10.9 Å². The fourth-order valence-corrected chi connectivity index (χ4v) is 2.58. The van der Waals surface area contributed by atoms with Gasteiger partial charge in [-0.15, -0.1) is 0 Å². The van der Waals surface area contributed by atoms with Gasteiger partial charge in [0.15, 0.2) is 0 Å². The van der Waals surface area contributed by atoms with Crippen LogP contribution >= 0.6 is 11.6 Å². The molecule has 94 valence electrons. The SMILES string of the molecule is Clc1cnn(CN(CC2CCOC2)C2CC2)c1. The minimum absolute atomic E-state index is 0.696. The molecule has 1 aromatic rings. The molecule has 0 spiro atoms. The number of halogens is 1. The Morgan fingerprint density at radius 2 is 2.35 bits per heavy atom. The number of hydrogen-bond acceptors (Lipinski definition) is 3. The molecule has 3 rings (SSSR count). The Labute approximate surface area is 106 Å². The zero-order valence-electron chi connectivity index (χ0n) is 9.89. The van der Waals surface area contributed by atoms with Crippen LogP contribution in [0.25, 0.3) is 0 Å². The molecule has 1 saturated carbocycles. The predicted octanol–water partition coefficient (Wildman–Crippen LogP) is 1.99. The summed E-state index contributed by atoms with van der Waals surface area (Å²) in [5.74, 6) is 0.696. The Morgan fingerprint density at radius 1 is 1.47 bits per heavy atom. The normalized spacial score (nSPS) is 24.7. The van der Waals surface area contributed by atoms with Crippen LogP contribution in [0.2, 0.25) is 5.02 Å². The molecule has 1 aliphatic carbocycles. The lowest BCUT2D eigenvalue weighted by Crippen LogP contribution is -2.33. The molecule has 0 N–H and O–H groups in total. The number of hydrogen-bond donors (Lipinski definition) is 0. The largest absolute Gasteiger partial charge is 0.381 e. The first-order chi connectivity index (χ1) is 8.31. The maximum atomic E-state index is 5.89. The van der Waals surface area contributed by atoms with Crippen molar-refractivity contribution in [3.8, 4) is 0 Å². The van der Waals surface area contributed by atoms with Crippen LogP contribution in [-0.2, 0) is 11.4 Å². The first-order valence-corrected chi connectivity index (χ1v) is 6.69. The lowest BCUT2D eigenvalue weighted by atomic mass is 10.1. The molecule has 1 saturated heterocycles. The van der Waals surface area contributed by atoms with E-state index in [9.17, 15) is 0 Å². The molecule has 2 heterocycles. The second-order valence-electron chi connectivity index (χ2n) is 5.07. The highest BCUT2D eigenvalue weighted by atomic mass is 35.5. The van der Waals surface area contributed by atoms with Crippen LogP contribution in [-0.4, -0.2) is 40.5 Å². The van der Waals surface area contributed by atoms with E-state index in [4.69, 9.17) is 16.3 Å². The lowest BCUT2D eigenvalue weighted by Gasteiger charge is -2.24. The topological polar surface area (TPSA) is 30.3 Å². The Balaban J connectivity index is 1.59. The van der Waals surface area contributed by atoms with Gasteiger partial charge in [-0.05, 0) is 25.2 Å². The van der Waals surface area contributed by atoms with E-state index in [1.165, 1.54) is 19.3 Å². The minimum atomic E-state index is 0.696. The van der Waals surface area contributed by atoms with Gasteiger partial charge in [0.25, 0.3) is 0 Å². The maximum Gasteiger partial charge on any atom is 0.0931 e. The summed E-state index contributed by atoms with van der Waals surface area (Å²) in [6.07, 6.45) is 7.43. The highest BCUT2D eigenvalue weighted by Gasteiger charge is 2.31. The van der Waals surface area contributed by atoms with Crippen LogP contribution in [0, 0.1) is 5.92 Å². The molecule has 1 aromatic heterocycles. The van der Waals surface area contributed by atoms with Gasteiger partial charge in [-0.2, -0.15) is 5.10 Å². The van der Waals surface area contributed by atoms with Gasteiger partial charge in [-0.25, -0.2) is 0 Å². The molecule has 1 aliphatic heterocycles. The molecule has 0 radical (unpaired) electrons. The molecular formula is C12H18ClN3O. The van der Waals surface area contributed by atoms with Gasteiger partial charge in [0, 0.05) is 25.4 Å². The van der Waals surface area contributed by atoms with Gasteiger partial charge in [0.05, 0.1) is 24.5 Å². The van der Waals surface area contributed by atoms with Crippen LogP contribution in [0.3, 0.4) is 0 Å². The zero-order chi connectivity index (χ0) is 11.7. The molecule has 4 nitrogen and oxygen atoms in total. The van der Waals surface area contributed by atoms with E-state index in [-0.39, 0.29) is 0 Å². The van der Waals surface area contributed by atoms with Gasteiger partial charge in [-0.3, -0.25) is 9.58 Å². The van der Waals surface area contributed by atoms with E-state index in [2.05, 4.69) is 10.00 Å². The van der Waals surface area contributed by atoms with Gasteiger partial charge in [0.2, 0.25) is 0 Å². The molecule has 1 unspecified atom stereocenters. The first-order valence-electron chi connectivity index (χ1n) is 6.31. The van der Waals surface area contributed by atoms with E-state index in [1.54, 1.807) is 6.20 Å². The lowest BCUT2D eigenvalue weighted by molar-refractivity contribution is 0.142. The highest BCUT2D eigenvalue weighted by Crippen LogP contribution is 2.29. The van der Waals surface area contributed by atoms with Crippen LogP contribution in [0.5, 0.6) is 0 Å². The standard InChI is InChI=1S/C12H18ClN3O/c13-11-5-14-16(7-11)9-15(12-1-2-12)6-10-3-4-17-8-10/h5,7,10,12H,1-4,6,8-9H2. The summed E-state index contributed by atoms with van der Waals surface area (Å²) >= 11 is 5.89. The third kappa shape index (κ3) is 3.00. The van der Waals surface area contributed by atoms with Crippen LogP contribution in [0.1, 0.15) is 19.3 Å². The third-order valence-electron chi connectivity index (χ3n) is 3.51. The molecule has 0 aromatic carbocycles. The van der Waals surface area contributed by atoms with Gasteiger partial charge in [-0.1, -0.05) is 11.6 Å². The molecular weight excluding hydrogens is 238 g/mol. The summed E-state index contributed by atoms with van der Waals surface area (Å²) in [4.78, 5) is 2.52. The Morgan fingerprint density at radius 3 is 2.94 bits per heavy atom. The molecule has 2 fully saturated rings. The summed E-state index contributed by atoms with van der Waals surface area (Å²) in [6.45, 7) is 3.83. The molecule has 5 heteroatoms. The summed E-state index contributed by atoms with van der Waals surface area (Å²) in [6, 6.07) is 0.749. The molecule has 0 amide bonds. The predicted molar refractivity (Wildman–Crippen MR) is 65.9 cm³/mol. The summed E-state index contributed by atoms with van der Waals surface area (Å²) < 4.78 is 7.37. The Bertz CT molecular complexity index is 372. The smallest absolute Gasteiger partial charge is 0.0931 e. The Hall–Kier alpha value is -0.580. The fraction of sp³-hybridized carbons (Fsp3) is 0.750. The van der Waals surface area contributed by atoms with Crippen molar-refractivity contribution in [1.29, 1.82) is 0 Å². The van der Waals surface area contributed by atoms with Gasteiger partial charge in [0.1, 0.15) is 0 Å². The van der Waals surface area contributed by atoms with Gasteiger partial charge < -0.3 is 4.74 Å². The molecule has 1 atom stereocenters. The number of rotatable bonds is 5. The first kappa shape index (κ1) is 11.5. The fourth-order valence-electron chi connectivity index (χ4n) is 2.42. The maximum absolute atomic E-state index is 5.89. The molecule has 17 heavy (non-hydrogen) atoms. The second kappa shape index (κ2) is 4.96. The van der Waals surface area contributed by atoms with Crippen molar-refractivity contribution < 1.29 is 4.74 Å². The highest BCUT2D eigenvalue weighted by molar-refractivity contribution is 6.30. The van der Waals surface area contributed by atoms with Crippen molar-refractivity contribution in [1.82, 2.24) is 14.7 Å². The van der Waals surface area contributed by atoms with Crippen molar-refractivity contribution in [2.24, 2.45) is 5.92 Å². The van der Waals surface area contributed by atoms with Gasteiger partial charge >= 0.3 is 0 Å². The summed E-state index contributed by atoms with van der Waals surface area (Å²) in [5.41, 5.74) is 0. The number of ether oxygens (including phenoxy) is 1.